The standard InChI is InChI=1S/C16H22N2O3/c1-11(2)8-13-16(20)18(9-15(19)17-13)14-7-5-4-6-12(14)10-21-3/h4-7,11,13H,8-10H2,1-3H3,(H,17,19). The molecule has 5 nitrogen and oxygen atoms in total. The van der Waals surface area contributed by atoms with E-state index in [1.165, 1.54) is 0 Å². The molecular weight excluding hydrogens is 268 g/mol. The van der Waals surface area contributed by atoms with Crippen molar-refractivity contribution in [2.75, 3.05) is 18.6 Å². The zero-order valence-corrected chi connectivity index (χ0v) is 12.8. The number of nitrogens with zero attached hydrogens (tertiary/aromatic N) is 1. The monoisotopic (exact) mass is 290 g/mol. The molecule has 1 atom stereocenters. The second-order valence-electron chi connectivity index (χ2n) is 5.74. The Hall–Kier alpha value is -1.88. The number of benzene rings is 1. The van der Waals surface area contributed by atoms with E-state index in [4.69, 9.17) is 4.74 Å². The van der Waals surface area contributed by atoms with E-state index >= 15 is 0 Å². The van der Waals surface area contributed by atoms with Crippen molar-refractivity contribution in [3.8, 4) is 0 Å². The first-order valence-corrected chi connectivity index (χ1v) is 7.20. The largest absolute Gasteiger partial charge is 0.380 e. The summed E-state index contributed by atoms with van der Waals surface area (Å²) in [7, 11) is 1.61. The van der Waals surface area contributed by atoms with E-state index in [2.05, 4.69) is 5.32 Å². The van der Waals surface area contributed by atoms with Gasteiger partial charge in [-0.2, -0.15) is 0 Å². The van der Waals surface area contributed by atoms with E-state index < -0.39 is 6.04 Å². The molecule has 1 aromatic rings. The van der Waals surface area contributed by atoms with Gasteiger partial charge in [-0.25, -0.2) is 0 Å². The van der Waals surface area contributed by atoms with E-state index in [0.29, 0.717) is 18.9 Å². The van der Waals surface area contributed by atoms with Crippen LogP contribution in [0.1, 0.15) is 25.8 Å². The van der Waals surface area contributed by atoms with Crippen LogP contribution in [-0.4, -0.2) is 31.5 Å². The Balaban J connectivity index is 2.29. The minimum atomic E-state index is -0.443. The number of hydrogen-bond acceptors (Lipinski definition) is 3. The Morgan fingerprint density at radius 2 is 2.05 bits per heavy atom. The minimum absolute atomic E-state index is 0.0492. The molecule has 1 aliphatic rings. The van der Waals surface area contributed by atoms with E-state index in [0.717, 1.165) is 11.3 Å². The average Bonchev–Trinajstić information content (AvgIpc) is 2.43. The SMILES string of the molecule is COCc1ccccc1N1CC(=O)NC(CC(C)C)C1=O. The third-order valence-electron chi connectivity index (χ3n) is 3.49. The zero-order chi connectivity index (χ0) is 15.4. The maximum absolute atomic E-state index is 12.6. The molecule has 2 amide bonds. The lowest BCUT2D eigenvalue weighted by Gasteiger charge is -2.34. The molecule has 0 aliphatic carbocycles. The lowest BCUT2D eigenvalue weighted by Crippen LogP contribution is -2.58. The van der Waals surface area contributed by atoms with Crippen molar-refractivity contribution in [1.29, 1.82) is 0 Å². The predicted octanol–water partition coefficient (Wildman–Crippen LogP) is 1.71. The number of hydrogen-bond donors (Lipinski definition) is 1. The smallest absolute Gasteiger partial charge is 0.250 e. The van der Waals surface area contributed by atoms with Gasteiger partial charge in [0.25, 0.3) is 0 Å². The Bertz CT molecular complexity index is 528. The van der Waals surface area contributed by atoms with E-state index in [1.807, 2.05) is 38.1 Å². The van der Waals surface area contributed by atoms with Crippen LogP contribution in [0, 0.1) is 5.92 Å². The van der Waals surface area contributed by atoms with Crippen LogP contribution in [0.4, 0.5) is 5.69 Å². The number of carbonyl (C=O) groups is 2. The van der Waals surface area contributed by atoms with Gasteiger partial charge >= 0.3 is 0 Å². The van der Waals surface area contributed by atoms with E-state index in [9.17, 15) is 9.59 Å². The summed E-state index contributed by atoms with van der Waals surface area (Å²) in [6.07, 6.45) is 0.646. The number of para-hydroxylation sites is 1. The van der Waals surface area contributed by atoms with Crippen LogP contribution in [-0.2, 0) is 20.9 Å². The number of carbonyl (C=O) groups excluding carboxylic acids is 2. The zero-order valence-electron chi connectivity index (χ0n) is 12.8. The fourth-order valence-corrected chi connectivity index (χ4v) is 2.60. The molecular formula is C16H22N2O3. The molecule has 1 unspecified atom stereocenters. The Labute approximate surface area is 125 Å². The number of amides is 2. The maximum atomic E-state index is 12.6. The van der Waals surface area contributed by atoms with Crippen LogP contribution >= 0.6 is 0 Å². The fourth-order valence-electron chi connectivity index (χ4n) is 2.60. The Morgan fingerprint density at radius 3 is 2.71 bits per heavy atom. The summed E-state index contributed by atoms with van der Waals surface area (Å²) in [6.45, 7) is 4.55. The first-order valence-electron chi connectivity index (χ1n) is 7.20. The molecule has 1 N–H and O–H groups in total. The van der Waals surface area contributed by atoms with Gasteiger partial charge in [0, 0.05) is 18.4 Å². The summed E-state index contributed by atoms with van der Waals surface area (Å²) in [5.41, 5.74) is 1.67. The Kier molecular flexibility index (Phi) is 4.96. The third-order valence-corrected chi connectivity index (χ3v) is 3.49. The quantitative estimate of drug-likeness (QED) is 0.898. The number of methoxy groups -OCH3 is 1. The highest BCUT2D eigenvalue weighted by atomic mass is 16.5. The molecule has 21 heavy (non-hydrogen) atoms. The van der Waals surface area contributed by atoms with E-state index in [-0.39, 0.29) is 18.4 Å². The summed E-state index contributed by atoms with van der Waals surface area (Å²) in [5, 5.41) is 2.79. The number of ether oxygens (including phenoxy) is 1. The molecule has 0 radical (unpaired) electrons. The fraction of sp³-hybridized carbons (Fsp3) is 0.500. The molecule has 0 spiro atoms. The number of piperazine rings is 1. The molecule has 1 heterocycles. The van der Waals surface area contributed by atoms with Crippen molar-refractivity contribution < 1.29 is 14.3 Å². The topological polar surface area (TPSA) is 58.6 Å². The van der Waals surface area contributed by atoms with Crippen molar-refractivity contribution in [3.05, 3.63) is 29.8 Å². The Morgan fingerprint density at radius 1 is 1.33 bits per heavy atom. The van der Waals surface area contributed by atoms with Crippen LogP contribution in [0.2, 0.25) is 0 Å². The lowest BCUT2D eigenvalue weighted by atomic mass is 10.00. The van der Waals surface area contributed by atoms with Gasteiger partial charge in [0.05, 0.1) is 6.61 Å². The molecule has 0 saturated carbocycles. The van der Waals surface area contributed by atoms with Crippen molar-refractivity contribution in [2.45, 2.75) is 32.9 Å². The number of nitrogens with one attached hydrogen (secondary N) is 1. The maximum Gasteiger partial charge on any atom is 0.250 e. The van der Waals surface area contributed by atoms with Crippen molar-refractivity contribution in [3.63, 3.8) is 0 Å². The normalized spacial score (nSPS) is 19.0. The second kappa shape index (κ2) is 6.72. The third kappa shape index (κ3) is 3.61. The molecule has 1 fully saturated rings. The van der Waals surface area contributed by atoms with Gasteiger partial charge in [0.15, 0.2) is 0 Å². The molecule has 0 bridgehead atoms. The average molecular weight is 290 g/mol. The van der Waals surface area contributed by atoms with Gasteiger partial charge in [0.1, 0.15) is 12.6 Å². The van der Waals surface area contributed by atoms with Gasteiger partial charge in [0.2, 0.25) is 11.8 Å². The molecule has 1 aliphatic heterocycles. The summed E-state index contributed by atoms with van der Waals surface area (Å²) >= 11 is 0. The van der Waals surface area contributed by atoms with Gasteiger partial charge in [-0.1, -0.05) is 32.0 Å². The summed E-state index contributed by atoms with van der Waals surface area (Å²) in [4.78, 5) is 26.1. The van der Waals surface area contributed by atoms with Crippen LogP contribution in [0.15, 0.2) is 24.3 Å². The van der Waals surface area contributed by atoms with Crippen LogP contribution in [0.25, 0.3) is 0 Å². The summed E-state index contributed by atoms with van der Waals surface area (Å²) in [6, 6.07) is 7.10. The van der Waals surface area contributed by atoms with Gasteiger partial charge in [-0.15, -0.1) is 0 Å². The van der Waals surface area contributed by atoms with Crippen LogP contribution in [0.5, 0.6) is 0 Å². The van der Waals surface area contributed by atoms with Gasteiger partial charge < -0.3 is 15.0 Å². The lowest BCUT2D eigenvalue weighted by molar-refractivity contribution is -0.131. The van der Waals surface area contributed by atoms with Crippen LogP contribution < -0.4 is 10.2 Å². The van der Waals surface area contributed by atoms with Gasteiger partial charge in [-0.3, -0.25) is 9.59 Å². The van der Waals surface area contributed by atoms with Crippen molar-refractivity contribution in [2.24, 2.45) is 5.92 Å². The molecule has 1 saturated heterocycles. The molecule has 2 rings (SSSR count). The summed E-state index contributed by atoms with van der Waals surface area (Å²) < 4.78 is 5.17. The number of rotatable bonds is 5. The van der Waals surface area contributed by atoms with Crippen molar-refractivity contribution in [1.82, 2.24) is 5.32 Å². The molecule has 5 heteroatoms. The van der Waals surface area contributed by atoms with Crippen molar-refractivity contribution >= 4 is 17.5 Å². The summed E-state index contributed by atoms with van der Waals surface area (Å²) in [5.74, 6) is 0.174. The highest BCUT2D eigenvalue weighted by Crippen LogP contribution is 2.24. The first-order chi connectivity index (χ1) is 10.0. The molecule has 0 aromatic heterocycles. The second-order valence-corrected chi connectivity index (χ2v) is 5.74. The minimum Gasteiger partial charge on any atom is -0.380 e. The first kappa shape index (κ1) is 15.5. The van der Waals surface area contributed by atoms with E-state index in [1.54, 1.807) is 12.0 Å². The van der Waals surface area contributed by atoms with Gasteiger partial charge in [-0.05, 0) is 18.4 Å². The highest BCUT2D eigenvalue weighted by Gasteiger charge is 2.34. The molecule has 1 aromatic carbocycles. The predicted molar refractivity (Wildman–Crippen MR) is 80.9 cm³/mol. The number of anilines is 1. The van der Waals surface area contributed by atoms with Crippen LogP contribution in [0.3, 0.4) is 0 Å². The highest BCUT2D eigenvalue weighted by molar-refractivity contribution is 6.06. The molecule has 114 valence electrons.